The van der Waals surface area contributed by atoms with Gasteiger partial charge in [-0.2, -0.15) is 0 Å². The van der Waals surface area contributed by atoms with Crippen LogP contribution in [-0.4, -0.2) is 10.1 Å². The summed E-state index contributed by atoms with van der Waals surface area (Å²) in [5.74, 6) is 0. The van der Waals surface area contributed by atoms with E-state index in [0.717, 1.165) is 35.7 Å². The summed E-state index contributed by atoms with van der Waals surface area (Å²) in [4.78, 5) is 3.26. The third-order valence-electron chi connectivity index (χ3n) is 4.08. The molecule has 3 rings (SSSR count). The van der Waals surface area contributed by atoms with Crippen LogP contribution in [0.4, 0.5) is 0 Å². The summed E-state index contributed by atoms with van der Waals surface area (Å²) >= 11 is 0. The Bertz CT molecular complexity index is 555. The highest BCUT2D eigenvalue weighted by Gasteiger charge is 2.43. The van der Waals surface area contributed by atoms with Gasteiger partial charge >= 0.3 is 0 Å². The van der Waals surface area contributed by atoms with E-state index in [2.05, 4.69) is 31.0 Å². The predicted octanol–water partition coefficient (Wildman–Crippen LogP) is 3.57. The third-order valence-corrected chi connectivity index (χ3v) is 4.08. The smallest absolute Gasteiger partial charge is 0.0922 e. The van der Waals surface area contributed by atoms with E-state index in [4.69, 9.17) is 0 Å². The fourth-order valence-corrected chi connectivity index (χ4v) is 3.20. The minimum absolute atomic E-state index is 0.243. The predicted molar refractivity (Wildman–Crippen MR) is 69.8 cm³/mol. The largest absolute Gasteiger partial charge is 0.385 e. The van der Waals surface area contributed by atoms with Gasteiger partial charge in [-0.3, -0.25) is 0 Å². The molecule has 90 valence electrons. The van der Waals surface area contributed by atoms with Crippen LogP contribution >= 0.6 is 0 Å². The Morgan fingerprint density at radius 1 is 1.18 bits per heavy atom. The van der Waals surface area contributed by atoms with Gasteiger partial charge < -0.3 is 10.1 Å². The van der Waals surface area contributed by atoms with Crippen molar-refractivity contribution in [1.29, 1.82) is 0 Å². The second-order valence-electron chi connectivity index (χ2n) is 6.12. The highest BCUT2D eigenvalue weighted by molar-refractivity contribution is 5.84. The van der Waals surface area contributed by atoms with Crippen LogP contribution in [0.2, 0.25) is 0 Å². The van der Waals surface area contributed by atoms with E-state index in [1.165, 1.54) is 0 Å². The number of para-hydroxylation sites is 1. The molecule has 17 heavy (non-hydrogen) atoms. The topological polar surface area (TPSA) is 36.0 Å². The number of fused-ring (bicyclic) bond motifs is 1. The van der Waals surface area contributed by atoms with E-state index in [1.807, 2.05) is 18.3 Å². The van der Waals surface area contributed by atoms with Gasteiger partial charge in [0.25, 0.3) is 0 Å². The minimum Gasteiger partial charge on any atom is -0.385 e. The van der Waals surface area contributed by atoms with Gasteiger partial charge in [0.05, 0.1) is 5.60 Å². The molecule has 0 aliphatic heterocycles. The fourth-order valence-electron chi connectivity index (χ4n) is 3.20. The summed E-state index contributed by atoms with van der Waals surface area (Å²) in [5, 5.41) is 12.0. The molecule has 2 aromatic rings. The zero-order valence-electron chi connectivity index (χ0n) is 10.5. The maximum absolute atomic E-state index is 10.9. The number of nitrogens with one attached hydrogen (secondary N) is 1. The lowest BCUT2D eigenvalue weighted by Crippen LogP contribution is -2.22. The van der Waals surface area contributed by atoms with Crippen molar-refractivity contribution in [2.75, 3.05) is 0 Å². The number of aromatic amines is 1. The highest BCUT2D eigenvalue weighted by atomic mass is 16.3. The average molecular weight is 229 g/mol. The molecule has 2 nitrogen and oxygen atoms in total. The third kappa shape index (κ3) is 1.67. The number of aromatic nitrogens is 1. The zero-order valence-corrected chi connectivity index (χ0v) is 10.5. The zero-order chi connectivity index (χ0) is 12.1. The van der Waals surface area contributed by atoms with Gasteiger partial charge in [0.2, 0.25) is 0 Å². The lowest BCUT2D eigenvalue weighted by molar-refractivity contribution is 0.0353. The molecule has 0 radical (unpaired) electrons. The molecule has 1 aromatic carbocycles. The number of H-pyrrole nitrogens is 1. The molecule has 2 N–H and O–H groups in total. The van der Waals surface area contributed by atoms with Gasteiger partial charge in [-0.1, -0.05) is 32.0 Å². The lowest BCUT2D eigenvalue weighted by Gasteiger charge is -2.25. The van der Waals surface area contributed by atoms with Gasteiger partial charge in [-0.15, -0.1) is 0 Å². The number of aliphatic hydroxyl groups is 1. The number of hydrogen-bond acceptors (Lipinski definition) is 1. The Morgan fingerprint density at radius 3 is 2.65 bits per heavy atom. The Hall–Kier alpha value is -1.28. The summed E-state index contributed by atoms with van der Waals surface area (Å²) in [6.45, 7) is 4.47. The van der Waals surface area contributed by atoms with Crippen molar-refractivity contribution < 1.29 is 5.11 Å². The van der Waals surface area contributed by atoms with E-state index >= 15 is 0 Å². The van der Waals surface area contributed by atoms with Crippen molar-refractivity contribution in [2.24, 2.45) is 5.41 Å². The maximum Gasteiger partial charge on any atom is 0.0922 e. The Balaban J connectivity index is 2.10. The molecule has 1 aliphatic rings. The van der Waals surface area contributed by atoms with Crippen molar-refractivity contribution in [2.45, 2.75) is 38.7 Å². The van der Waals surface area contributed by atoms with Gasteiger partial charge in [-0.25, -0.2) is 0 Å². The number of benzene rings is 1. The normalized spacial score (nSPS) is 27.7. The summed E-state index contributed by atoms with van der Waals surface area (Å²) in [7, 11) is 0. The summed E-state index contributed by atoms with van der Waals surface area (Å²) in [6.07, 6.45) is 4.78. The molecule has 0 amide bonds. The first-order chi connectivity index (χ1) is 8.00. The minimum atomic E-state index is -0.650. The van der Waals surface area contributed by atoms with E-state index in [1.54, 1.807) is 0 Å². The molecule has 0 bridgehead atoms. The molecule has 1 fully saturated rings. The molecule has 1 heterocycles. The van der Waals surface area contributed by atoms with Crippen molar-refractivity contribution in [3.05, 3.63) is 36.0 Å². The fraction of sp³-hybridized carbons (Fsp3) is 0.467. The van der Waals surface area contributed by atoms with E-state index < -0.39 is 5.60 Å². The molecule has 1 aromatic heterocycles. The average Bonchev–Trinajstić information content (AvgIpc) is 2.81. The highest BCUT2D eigenvalue weighted by Crippen LogP contribution is 2.50. The monoisotopic (exact) mass is 229 g/mol. The molecule has 1 unspecified atom stereocenters. The van der Waals surface area contributed by atoms with Gasteiger partial charge in [0.1, 0.15) is 0 Å². The Kier molecular flexibility index (Phi) is 2.14. The summed E-state index contributed by atoms with van der Waals surface area (Å²) < 4.78 is 0. The van der Waals surface area contributed by atoms with Gasteiger partial charge in [0.15, 0.2) is 0 Å². The first kappa shape index (κ1) is 10.8. The molecule has 1 aliphatic carbocycles. The van der Waals surface area contributed by atoms with Crippen molar-refractivity contribution in [3.8, 4) is 0 Å². The van der Waals surface area contributed by atoms with Gasteiger partial charge in [0, 0.05) is 22.7 Å². The van der Waals surface area contributed by atoms with E-state index in [9.17, 15) is 5.11 Å². The van der Waals surface area contributed by atoms with E-state index in [-0.39, 0.29) is 5.41 Å². The van der Waals surface area contributed by atoms with Crippen LogP contribution < -0.4 is 0 Å². The Morgan fingerprint density at radius 2 is 1.94 bits per heavy atom. The molecule has 0 saturated heterocycles. The second kappa shape index (κ2) is 3.36. The number of hydrogen-bond donors (Lipinski definition) is 2. The lowest BCUT2D eigenvalue weighted by atomic mass is 9.86. The quantitative estimate of drug-likeness (QED) is 0.770. The molecule has 0 spiro atoms. The molecule has 1 saturated carbocycles. The maximum atomic E-state index is 10.9. The standard InChI is InChI=1S/C15H19NO/c1-14(2)7-8-15(17,10-14)12-9-16-13-6-4-3-5-11(12)13/h3-6,9,16-17H,7-8,10H2,1-2H3. The van der Waals surface area contributed by atoms with Crippen LogP contribution in [0.1, 0.15) is 38.7 Å². The number of rotatable bonds is 1. The van der Waals surface area contributed by atoms with E-state index in [0.29, 0.717) is 0 Å². The van der Waals surface area contributed by atoms with Crippen LogP contribution in [0.3, 0.4) is 0 Å². The van der Waals surface area contributed by atoms with Crippen LogP contribution in [0.25, 0.3) is 10.9 Å². The van der Waals surface area contributed by atoms with Crippen molar-refractivity contribution in [1.82, 2.24) is 4.98 Å². The molecule has 1 atom stereocenters. The van der Waals surface area contributed by atoms with Crippen LogP contribution in [0.5, 0.6) is 0 Å². The van der Waals surface area contributed by atoms with Crippen LogP contribution in [-0.2, 0) is 5.60 Å². The molecular formula is C15H19NO. The van der Waals surface area contributed by atoms with Gasteiger partial charge in [-0.05, 0) is 30.7 Å². The van der Waals surface area contributed by atoms with Crippen molar-refractivity contribution in [3.63, 3.8) is 0 Å². The van der Waals surface area contributed by atoms with Crippen LogP contribution in [0, 0.1) is 5.41 Å². The van der Waals surface area contributed by atoms with Crippen LogP contribution in [0.15, 0.2) is 30.5 Å². The summed E-state index contributed by atoms with van der Waals surface area (Å²) in [6, 6.07) is 8.20. The first-order valence-corrected chi connectivity index (χ1v) is 6.29. The second-order valence-corrected chi connectivity index (χ2v) is 6.12. The summed E-state index contributed by atoms with van der Waals surface area (Å²) in [5.41, 5.74) is 1.77. The molecule has 2 heteroatoms. The first-order valence-electron chi connectivity index (χ1n) is 6.29. The Labute approximate surface area is 102 Å². The SMILES string of the molecule is CC1(C)CCC(O)(c2c[nH]c3ccccc23)C1. The molecular weight excluding hydrogens is 210 g/mol. The van der Waals surface area contributed by atoms with Crippen molar-refractivity contribution >= 4 is 10.9 Å².